The van der Waals surface area contributed by atoms with Crippen LogP contribution >= 0.6 is 0 Å². The number of hydrogen-bond donors (Lipinski definition) is 0. The third kappa shape index (κ3) is 3.02. The zero-order valence-corrected chi connectivity index (χ0v) is 13.9. The van der Waals surface area contributed by atoms with Crippen molar-refractivity contribution >= 4 is 0 Å². The van der Waals surface area contributed by atoms with Crippen molar-refractivity contribution in [2.75, 3.05) is 0 Å². The van der Waals surface area contributed by atoms with E-state index >= 15 is 0 Å². The fourth-order valence-electron chi connectivity index (χ4n) is 5.74. The number of rotatable bonds is 3. The monoisotopic (exact) mass is 288 g/mol. The molecular formula is C20H34N+. The number of quaternary nitrogens is 1. The maximum absolute atomic E-state index is 6.32. The molecular weight excluding hydrogens is 254 g/mol. The number of hydrogen-bond acceptors (Lipinski definition) is 0. The van der Waals surface area contributed by atoms with Crippen LogP contribution in [0.25, 0.3) is 0 Å². The van der Waals surface area contributed by atoms with E-state index in [-0.39, 0.29) is 0 Å². The highest BCUT2D eigenvalue weighted by Gasteiger charge is 2.49. The lowest BCUT2D eigenvalue weighted by molar-refractivity contribution is -0.940. The highest BCUT2D eigenvalue weighted by molar-refractivity contribution is 4.89. The van der Waals surface area contributed by atoms with Crippen LogP contribution in [0, 0.1) is 12.5 Å². The van der Waals surface area contributed by atoms with Gasteiger partial charge in [0, 0.05) is 38.5 Å². The third-order valence-corrected chi connectivity index (χ3v) is 6.76. The molecule has 21 heavy (non-hydrogen) atoms. The third-order valence-electron chi connectivity index (χ3n) is 6.76. The molecule has 1 heteroatoms. The Bertz CT molecular complexity index is 303. The minimum atomic E-state index is 0.787. The molecule has 0 aromatic carbocycles. The first kappa shape index (κ1) is 15.4. The van der Waals surface area contributed by atoms with Crippen molar-refractivity contribution in [3.8, 4) is 12.5 Å². The van der Waals surface area contributed by atoms with Crippen LogP contribution in [0.4, 0.5) is 0 Å². The lowest BCUT2D eigenvalue weighted by atomic mass is 9.81. The van der Waals surface area contributed by atoms with Crippen molar-refractivity contribution in [1.29, 1.82) is 0 Å². The lowest BCUT2D eigenvalue weighted by Gasteiger charge is -2.52. The van der Waals surface area contributed by atoms with Crippen molar-refractivity contribution in [2.24, 2.45) is 0 Å². The van der Waals surface area contributed by atoms with E-state index in [1.54, 1.807) is 0 Å². The number of terminal acetylenes is 1. The molecule has 3 rings (SSSR count). The summed E-state index contributed by atoms with van der Waals surface area (Å²) in [5.74, 6) is 0. The average Bonchev–Trinajstić information content (AvgIpc) is 2.59. The first-order valence-electron chi connectivity index (χ1n) is 9.74. The topological polar surface area (TPSA) is 0 Å². The van der Waals surface area contributed by atoms with Gasteiger partial charge in [0.2, 0.25) is 0 Å². The summed E-state index contributed by atoms with van der Waals surface area (Å²) >= 11 is 0. The summed E-state index contributed by atoms with van der Waals surface area (Å²) in [5, 5.41) is 0. The van der Waals surface area contributed by atoms with Crippen LogP contribution < -0.4 is 0 Å². The largest absolute Gasteiger partial charge is 0.239 e. The Kier molecular flexibility index (Phi) is 5.28. The predicted octanol–water partition coefficient (Wildman–Crippen LogP) is 5.39. The highest BCUT2D eigenvalue weighted by Crippen LogP contribution is 2.42. The van der Waals surface area contributed by atoms with Gasteiger partial charge in [0.1, 0.15) is 24.2 Å². The predicted molar refractivity (Wildman–Crippen MR) is 89.7 cm³/mol. The van der Waals surface area contributed by atoms with E-state index in [1.165, 1.54) is 96.3 Å². The molecule has 0 aromatic heterocycles. The minimum Gasteiger partial charge on any atom is -0.239 e. The minimum absolute atomic E-state index is 0.787. The van der Waals surface area contributed by atoms with Gasteiger partial charge in [-0.15, -0.1) is 0 Å². The van der Waals surface area contributed by atoms with Gasteiger partial charge in [-0.2, -0.15) is 0 Å². The molecule has 1 nitrogen and oxygen atoms in total. The van der Waals surface area contributed by atoms with Crippen molar-refractivity contribution < 1.29 is 4.48 Å². The molecule has 3 saturated carbocycles. The molecule has 0 bridgehead atoms. The summed E-state index contributed by atoms with van der Waals surface area (Å²) < 4.78 is 1.10. The zero-order chi connectivity index (χ0) is 14.5. The highest BCUT2D eigenvalue weighted by atomic mass is 15.4. The van der Waals surface area contributed by atoms with Gasteiger partial charge in [0.05, 0.1) is 0 Å². The quantitative estimate of drug-likeness (QED) is 0.482. The van der Waals surface area contributed by atoms with Gasteiger partial charge in [0.25, 0.3) is 0 Å². The first-order valence-corrected chi connectivity index (χ1v) is 9.74. The van der Waals surface area contributed by atoms with E-state index in [4.69, 9.17) is 6.42 Å². The van der Waals surface area contributed by atoms with Crippen LogP contribution in [-0.2, 0) is 0 Å². The number of nitrogens with zero attached hydrogens (tertiary/aromatic N) is 1. The standard InChI is InChI=1S/C20H34N/c1-2-21(18-12-6-3-7-13-18,19-14-8-4-9-15-19)20-16-10-5-11-17-20/h1,18-20H,3-17H2/q+1. The van der Waals surface area contributed by atoms with Crippen LogP contribution in [-0.4, -0.2) is 22.6 Å². The van der Waals surface area contributed by atoms with Crippen LogP contribution in [0.2, 0.25) is 0 Å². The Hall–Kier alpha value is -0.480. The summed E-state index contributed by atoms with van der Waals surface area (Å²) in [6, 6.07) is 5.82. The molecule has 0 N–H and O–H groups in total. The summed E-state index contributed by atoms with van der Waals surface area (Å²) in [5.41, 5.74) is 0. The molecule has 0 aliphatic heterocycles. The van der Waals surface area contributed by atoms with Crippen LogP contribution in [0.3, 0.4) is 0 Å². The Morgan fingerprint density at radius 1 is 0.524 bits per heavy atom. The molecule has 0 atom stereocenters. The molecule has 0 saturated heterocycles. The van der Waals surface area contributed by atoms with Gasteiger partial charge in [-0.1, -0.05) is 25.7 Å². The molecule has 0 heterocycles. The van der Waals surface area contributed by atoms with Crippen LogP contribution in [0.15, 0.2) is 0 Å². The van der Waals surface area contributed by atoms with Crippen molar-refractivity contribution in [2.45, 2.75) is 114 Å². The SMILES string of the molecule is C#C[N+](C1CCCCC1)(C1CCCCC1)C1CCCCC1. The van der Waals surface area contributed by atoms with Crippen molar-refractivity contribution in [3.63, 3.8) is 0 Å². The Morgan fingerprint density at radius 3 is 1.05 bits per heavy atom. The smallest absolute Gasteiger partial charge is 0.134 e. The second-order valence-corrected chi connectivity index (χ2v) is 7.84. The maximum Gasteiger partial charge on any atom is 0.134 e. The zero-order valence-electron chi connectivity index (χ0n) is 13.9. The molecule has 118 valence electrons. The van der Waals surface area contributed by atoms with Crippen molar-refractivity contribution in [1.82, 2.24) is 0 Å². The summed E-state index contributed by atoms with van der Waals surface area (Å²) in [6.45, 7) is 0. The fourth-order valence-corrected chi connectivity index (χ4v) is 5.74. The van der Waals surface area contributed by atoms with E-state index in [0.717, 1.165) is 22.6 Å². The summed E-state index contributed by atoms with van der Waals surface area (Å²) in [7, 11) is 0. The van der Waals surface area contributed by atoms with Crippen molar-refractivity contribution in [3.05, 3.63) is 0 Å². The van der Waals surface area contributed by atoms with E-state index in [0.29, 0.717) is 0 Å². The second-order valence-electron chi connectivity index (χ2n) is 7.84. The van der Waals surface area contributed by atoms with E-state index in [2.05, 4.69) is 6.04 Å². The normalized spacial score (nSPS) is 27.4. The second kappa shape index (κ2) is 7.19. The molecule has 0 aromatic rings. The molecule has 0 radical (unpaired) electrons. The molecule has 3 aliphatic rings. The molecule has 0 amide bonds. The fraction of sp³-hybridized carbons (Fsp3) is 0.900. The molecule has 3 aliphatic carbocycles. The van der Waals surface area contributed by atoms with E-state index in [1.807, 2.05) is 0 Å². The molecule has 3 fully saturated rings. The maximum atomic E-state index is 6.32. The van der Waals surface area contributed by atoms with E-state index in [9.17, 15) is 0 Å². The van der Waals surface area contributed by atoms with Gasteiger partial charge in [-0.25, -0.2) is 4.48 Å². The molecule has 0 unspecified atom stereocenters. The Balaban J connectivity index is 1.88. The van der Waals surface area contributed by atoms with Gasteiger partial charge in [0.15, 0.2) is 0 Å². The van der Waals surface area contributed by atoms with Gasteiger partial charge >= 0.3 is 0 Å². The van der Waals surface area contributed by atoms with Crippen LogP contribution in [0.5, 0.6) is 0 Å². The van der Waals surface area contributed by atoms with Gasteiger partial charge in [-0.05, 0) is 38.5 Å². The summed E-state index contributed by atoms with van der Waals surface area (Å²) in [6.07, 6.45) is 27.6. The van der Waals surface area contributed by atoms with Gasteiger partial charge < -0.3 is 0 Å². The summed E-state index contributed by atoms with van der Waals surface area (Å²) in [4.78, 5) is 0. The Labute approximate surface area is 132 Å². The lowest BCUT2D eigenvalue weighted by Crippen LogP contribution is -2.64. The molecule has 0 spiro atoms. The van der Waals surface area contributed by atoms with Gasteiger partial charge in [-0.3, -0.25) is 0 Å². The van der Waals surface area contributed by atoms with Crippen LogP contribution in [0.1, 0.15) is 96.3 Å². The van der Waals surface area contributed by atoms with E-state index < -0.39 is 0 Å². The Morgan fingerprint density at radius 2 is 0.810 bits per heavy atom. The average molecular weight is 288 g/mol. The first-order chi connectivity index (χ1) is 10.4.